The fourth-order valence-electron chi connectivity index (χ4n) is 5.82. The van der Waals surface area contributed by atoms with Crippen molar-refractivity contribution in [1.29, 1.82) is 0 Å². The highest BCUT2D eigenvalue weighted by Crippen LogP contribution is 2.47. The summed E-state index contributed by atoms with van der Waals surface area (Å²) in [4.78, 5) is 41.4. The van der Waals surface area contributed by atoms with E-state index in [0.717, 1.165) is 22.3 Å². The molecule has 2 atom stereocenters. The van der Waals surface area contributed by atoms with Gasteiger partial charge in [-0.15, -0.1) is 0 Å². The summed E-state index contributed by atoms with van der Waals surface area (Å²) in [5, 5.41) is 0.715. The van der Waals surface area contributed by atoms with E-state index >= 15 is 0 Å². The maximum Gasteiger partial charge on any atom is 0.332 e. The number of anilines is 1. The summed E-state index contributed by atoms with van der Waals surface area (Å²) >= 11 is 12.5. The van der Waals surface area contributed by atoms with Crippen LogP contribution in [0.2, 0.25) is 10.0 Å². The zero-order valence-electron chi connectivity index (χ0n) is 21.2. The number of urea groups is 1. The van der Waals surface area contributed by atoms with E-state index < -0.39 is 11.6 Å². The first kappa shape index (κ1) is 25.5. The van der Waals surface area contributed by atoms with Crippen LogP contribution >= 0.6 is 23.2 Å². The number of imide groups is 1. The Morgan fingerprint density at radius 2 is 1.56 bits per heavy atom. The molecule has 0 saturated carbocycles. The van der Waals surface area contributed by atoms with E-state index in [1.165, 1.54) is 11.2 Å². The molecule has 196 valence electrons. The van der Waals surface area contributed by atoms with Crippen molar-refractivity contribution >= 4 is 40.8 Å². The predicted octanol–water partition coefficient (Wildman–Crippen LogP) is 5.89. The molecule has 39 heavy (non-hydrogen) atoms. The zero-order chi connectivity index (χ0) is 27.1. The van der Waals surface area contributed by atoms with Gasteiger partial charge in [-0.1, -0.05) is 77.8 Å². The Balaban J connectivity index is 1.41. The standard InChI is InChI=1S/C30H25Cl2N5O2/c1-35-29(39)37(26-12-24(31)11-25(32)13-26)28(38)30(35)18-36(16-20-5-3-2-4-6-20)17-27(30)22-9-7-21(8-10-22)23-14-33-19-34-15-23/h2-15,19,27H,16-18H2,1H3/t27-,30+/m0/s1. The Bertz CT molecular complexity index is 1510. The van der Waals surface area contributed by atoms with E-state index in [1.807, 2.05) is 42.5 Å². The van der Waals surface area contributed by atoms with Crippen LogP contribution in [0.4, 0.5) is 10.5 Å². The van der Waals surface area contributed by atoms with E-state index in [9.17, 15) is 9.59 Å². The van der Waals surface area contributed by atoms with Crippen LogP contribution in [0.25, 0.3) is 11.1 Å². The minimum atomic E-state index is -1.10. The highest BCUT2D eigenvalue weighted by Gasteiger charge is 2.64. The minimum absolute atomic E-state index is 0.261. The molecule has 2 aliphatic rings. The van der Waals surface area contributed by atoms with Crippen molar-refractivity contribution in [2.75, 3.05) is 25.0 Å². The van der Waals surface area contributed by atoms with Crippen LogP contribution in [0.1, 0.15) is 17.0 Å². The minimum Gasteiger partial charge on any atom is -0.310 e. The van der Waals surface area contributed by atoms with Crippen molar-refractivity contribution in [3.8, 4) is 11.1 Å². The number of aromatic nitrogens is 2. The zero-order valence-corrected chi connectivity index (χ0v) is 22.7. The quantitative estimate of drug-likeness (QED) is 0.286. The summed E-state index contributed by atoms with van der Waals surface area (Å²) in [5.41, 5.74) is 3.27. The van der Waals surface area contributed by atoms with Gasteiger partial charge in [-0.05, 0) is 34.9 Å². The van der Waals surface area contributed by atoms with E-state index in [0.29, 0.717) is 35.4 Å². The summed E-state index contributed by atoms with van der Waals surface area (Å²) in [6.07, 6.45) is 5.03. The number of halogens is 2. The summed E-state index contributed by atoms with van der Waals surface area (Å²) < 4.78 is 0. The van der Waals surface area contributed by atoms with Gasteiger partial charge in [0.25, 0.3) is 5.91 Å². The summed E-state index contributed by atoms with van der Waals surface area (Å²) in [6, 6.07) is 22.6. The van der Waals surface area contributed by atoms with Gasteiger partial charge in [0.1, 0.15) is 11.9 Å². The van der Waals surface area contributed by atoms with Gasteiger partial charge in [-0.2, -0.15) is 0 Å². The number of carbonyl (C=O) groups is 2. The smallest absolute Gasteiger partial charge is 0.310 e. The molecule has 2 saturated heterocycles. The lowest BCUT2D eigenvalue weighted by Crippen LogP contribution is -2.53. The molecule has 0 unspecified atom stereocenters. The normalized spacial score (nSPS) is 21.4. The van der Waals surface area contributed by atoms with Crippen LogP contribution < -0.4 is 4.90 Å². The van der Waals surface area contributed by atoms with E-state index in [1.54, 1.807) is 42.5 Å². The fourth-order valence-corrected chi connectivity index (χ4v) is 6.34. The van der Waals surface area contributed by atoms with Gasteiger partial charge in [0, 0.05) is 60.6 Å². The first-order chi connectivity index (χ1) is 18.9. The van der Waals surface area contributed by atoms with Gasteiger partial charge >= 0.3 is 6.03 Å². The Labute approximate surface area is 236 Å². The van der Waals surface area contributed by atoms with Gasteiger partial charge in [-0.25, -0.2) is 19.7 Å². The van der Waals surface area contributed by atoms with Crippen molar-refractivity contribution in [2.24, 2.45) is 0 Å². The van der Waals surface area contributed by atoms with Crippen molar-refractivity contribution in [2.45, 2.75) is 18.0 Å². The largest absolute Gasteiger partial charge is 0.332 e. The fraction of sp³-hybridized carbons (Fsp3) is 0.200. The Kier molecular flexibility index (Phi) is 6.59. The lowest BCUT2D eigenvalue weighted by Gasteiger charge is -2.34. The summed E-state index contributed by atoms with van der Waals surface area (Å²) in [5.74, 6) is -0.544. The number of benzene rings is 3. The van der Waals surface area contributed by atoms with Crippen LogP contribution in [0.15, 0.2) is 91.5 Å². The average Bonchev–Trinajstić information content (AvgIpc) is 3.41. The number of hydrogen-bond donors (Lipinski definition) is 0. The van der Waals surface area contributed by atoms with E-state index in [4.69, 9.17) is 23.2 Å². The molecule has 6 rings (SSSR count). The summed E-state index contributed by atoms with van der Waals surface area (Å²) in [7, 11) is 1.71. The van der Waals surface area contributed by atoms with Gasteiger partial charge < -0.3 is 4.90 Å². The van der Waals surface area contributed by atoms with Gasteiger partial charge in [0.2, 0.25) is 0 Å². The maximum absolute atomic E-state index is 14.4. The third-order valence-corrected chi connectivity index (χ3v) is 8.13. The third kappa shape index (κ3) is 4.46. The first-order valence-electron chi connectivity index (χ1n) is 12.6. The molecule has 1 spiro atoms. The second-order valence-electron chi connectivity index (χ2n) is 9.99. The molecule has 1 aromatic heterocycles. The first-order valence-corrected chi connectivity index (χ1v) is 13.3. The van der Waals surface area contributed by atoms with Crippen molar-refractivity contribution in [3.63, 3.8) is 0 Å². The Morgan fingerprint density at radius 1 is 0.897 bits per heavy atom. The molecular weight excluding hydrogens is 533 g/mol. The molecule has 0 N–H and O–H groups in total. The van der Waals surface area contributed by atoms with Crippen molar-refractivity contribution in [3.05, 3.63) is 113 Å². The monoisotopic (exact) mass is 557 g/mol. The molecule has 7 nitrogen and oxygen atoms in total. The molecule has 3 amide bonds. The molecule has 0 aliphatic carbocycles. The lowest BCUT2D eigenvalue weighted by atomic mass is 9.80. The van der Waals surface area contributed by atoms with Crippen molar-refractivity contribution in [1.82, 2.24) is 19.8 Å². The third-order valence-electron chi connectivity index (χ3n) is 7.69. The molecule has 3 heterocycles. The number of likely N-dealkylation sites (tertiary alicyclic amines) is 1. The molecule has 4 aromatic rings. The SMILES string of the molecule is CN1C(=O)N(c2cc(Cl)cc(Cl)c2)C(=O)[C@]12CN(Cc1ccccc1)C[C@H]2c1ccc(-c2cncnc2)cc1. The molecule has 3 aromatic carbocycles. The number of hydrogen-bond acceptors (Lipinski definition) is 5. The average molecular weight is 558 g/mol. The van der Waals surface area contributed by atoms with Gasteiger partial charge in [0.15, 0.2) is 0 Å². The second kappa shape index (κ2) is 10.1. The van der Waals surface area contributed by atoms with Crippen LogP contribution in [0.3, 0.4) is 0 Å². The Hall–Kier alpha value is -3.78. The lowest BCUT2D eigenvalue weighted by molar-refractivity contribution is -0.124. The molecule has 2 aliphatic heterocycles. The van der Waals surface area contributed by atoms with Crippen LogP contribution in [-0.2, 0) is 11.3 Å². The number of likely N-dealkylation sites (N-methyl/N-ethyl adjacent to an activating group) is 1. The van der Waals surface area contributed by atoms with Crippen LogP contribution in [0.5, 0.6) is 0 Å². The second-order valence-corrected chi connectivity index (χ2v) is 10.9. The van der Waals surface area contributed by atoms with Gasteiger partial charge in [-0.3, -0.25) is 9.69 Å². The summed E-state index contributed by atoms with van der Waals surface area (Å²) in [6.45, 7) is 1.67. The topological polar surface area (TPSA) is 69.6 Å². The number of nitrogens with zero attached hydrogens (tertiary/aromatic N) is 5. The van der Waals surface area contributed by atoms with Gasteiger partial charge in [0.05, 0.1) is 5.69 Å². The number of rotatable bonds is 5. The molecule has 0 radical (unpaired) electrons. The van der Waals surface area contributed by atoms with Crippen LogP contribution in [0, 0.1) is 0 Å². The molecule has 2 fully saturated rings. The van der Waals surface area contributed by atoms with Crippen LogP contribution in [-0.4, -0.2) is 57.4 Å². The Morgan fingerprint density at radius 3 is 2.23 bits per heavy atom. The highest BCUT2D eigenvalue weighted by atomic mass is 35.5. The van der Waals surface area contributed by atoms with E-state index in [2.05, 4.69) is 27.0 Å². The predicted molar refractivity (Wildman–Crippen MR) is 152 cm³/mol. The van der Waals surface area contributed by atoms with E-state index in [-0.39, 0.29) is 11.8 Å². The molecular formula is C30H25Cl2N5O2. The maximum atomic E-state index is 14.4. The number of carbonyl (C=O) groups excluding carboxylic acids is 2. The molecule has 9 heteroatoms. The molecule has 0 bridgehead atoms. The van der Waals surface area contributed by atoms with Crippen molar-refractivity contribution < 1.29 is 9.59 Å². The highest BCUT2D eigenvalue weighted by molar-refractivity contribution is 6.35. The number of amides is 3.